The fraction of sp³-hybridized carbons (Fsp3) is 0.500. The van der Waals surface area contributed by atoms with E-state index in [2.05, 4.69) is 6.92 Å². The predicted molar refractivity (Wildman–Crippen MR) is 57.6 cm³/mol. The molecule has 1 N–H and O–H groups in total. The van der Waals surface area contributed by atoms with E-state index < -0.39 is 0 Å². The summed E-state index contributed by atoms with van der Waals surface area (Å²) in [6.07, 6.45) is 1.32. The van der Waals surface area contributed by atoms with Gasteiger partial charge in [0.1, 0.15) is 5.75 Å². The van der Waals surface area contributed by atoms with Crippen LogP contribution in [0.3, 0.4) is 0 Å². The lowest BCUT2D eigenvalue weighted by atomic mass is 9.99. The second-order valence-electron chi connectivity index (χ2n) is 3.34. The van der Waals surface area contributed by atoms with Crippen molar-refractivity contribution in [3.05, 3.63) is 29.3 Å². The van der Waals surface area contributed by atoms with Crippen molar-refractivity contribution in [3.63, 3.8) is 0 Å². The van der Waals surface area contributed by atoms with E-state index in [1.807, 2.05) is 25.1 Å². The molecule has 1 rings (SSSR count). The number of aliphatic hydroxyl groups is 1. The molecule has 0 aliphatic heterocycles. The number of aryl methyl sites for hydroxylation is 1. The van der Waals surface area contributed by atoms with Crippen LogP contribution < -0.4 is 4.74 Å². The molecule has 0 amide bonds. The highest BCUT2D eigenvalue weighted by Gasteiger charge is 2.09. The van der Waals surface area contributed by atoms with Crippen LogP contribution in [0, 0.1) is 0 Å². The van der Waals surface area contributed by atoms with E-state index in [9.17, 15) is 5.11 Å². The predicted octanol–water partition coefficient (Wildman–Crippen LogP) is 2.70. The molecule has 14 heavy (non-hydrogen) atoms. The smallest absolute Gasteiger partial charge is 0.119 e. The Hall–Kier alpha value is -1.02. The monoisotopic (exact) mass is 194 g/mol. The van der Waals surface area contributed by atoms with E-state index in [0.717, 1.165) is 24.2 Å². The number of benzene rings is 1. The van der Waals surface area contributed by atoms with Gasteiger partial charge in [-0.15, -0.1) is 0 Å². The van der Waals surface area contributed by atoms with Gasteiger partial charge in [-0.2, -0.15) is 0 Å². The van der Waals surface area contributed by atoms with Gasteiger partial charge in [0.05, 0.1) is 13.2 Å². The third-order valence-corrected chi connectivity index (χ3v) is 2.48. The van der Waals surface area contributed by atoms with Crippen LogP contribution in [0.25, 0.3) is 0 Å². The molecular formula is C12H18O2. The largest absolute Gasteiger partial charge is 0.497 e. The summed E-state index contributed by atoms with van der Waals surface area (Å²) >= 11 is 0. The summed E-state index contributed by atoms with van der Waals surface area (Å²) in [5.74, 6) is 0.855. The number of hydrogen-bond donors (Lipinski definition) is 1. The van der Waals surface area contributed by atoms with Crippen molar-refractivity contribution in [2.45, 2.75) is 32.8 Å². The van der Waals surface area contributed by atoms with Gasteiger partial charge in [-0.05, 0) is 36.1 Å². The maximum absolute atomic E-state index is 9.76. The summed E-state index contributed by atoms with van der Waals surface area (Å²) in [6.45, 7) is 4.06. The number of hydrogen-bond acceptors (Lipinski definition) is 2. The fourth-order valence-corrected chi connectivity index (χ4v) is 1.56. The van der Waals surface area contributed by atoms with Gasteiger partial charge >= 0.3 is 0 Å². The Balaban J connectivity index is 3.04. The van der Waals surface area contributed by atoms with Gasteiger partial charge in [-0.1, -0.05) is 19.9 Å². The maximum atomic E-state index is 9.76. The summed E-state index contributed by atoms with van der Waals surface area (Å²) in [6, 6.07) is 5.84. The third-order valence-electron chi connectivity index (χ3n) is 2.48. The molecular weight excluding hydrogens is 176 g/mol. The first-order valence-corrected chi connectivity index (χ1v) is 5.07. The number of ether oxygens (including phenoxy) is 1. The van der Waals surface area contributed by atoms with E-state index in [4.69, 9.17) is 4.74 Å². The summed E-state index contributed by atoms with van der Waals surface area (Å²) in [7, 11) is 1.66. The van der Waals surface area contributed by atoms with Gasteiger partial charge in [0.2, 0.25) is 0 Å². The first kappa shape index (κ1) is 11.1. The van der Waals surface area contributed by atoms with Crippen molar-refractivity contribution in [2.75, 3.05) is 7.11 Å². The Kier molecular flexibility index (Phi) is 3.96. The zero-order valence-electron chi connectivity index (χ0n) is 9.08. The Morgan fingerprint density at radius 1 is 1.36 bits per heavy atom. The second-order valence-corrected chi connectivity index (χ2v) is 3.34. The van der Waals surface area contributed by atoms with E-state index in [0.29, 0.717) is 0 Å². The molecule has 1 atom stereocenters. The zero-order valence-corrected chi connectivity index (χ0v) is 9.08. The van der Waals surface area contributed by atoms with Crippen molar-refractivity contribution in [2.24, 2.45) is 0 Å². The van der Waals surface area contributed by atoms with Crippen LogP contribution in [0.4, 0.5) is 0 Å². The van der Waals surface area contributed by atoms with Crippen LogP contribution in [-0.4, -0.2) is 12.2 Å². The molecule has 1 unspecified atom stereocenters. The molecule has 0 aliphatic carbocycles. The Morgan fingerprint density at radius 2 is 2.07 bits per heavy atom. The molecule has 0 saturated carbocycles. The minimum absolute atomic E-state index is 0.351. The molecule has 1 aromatic carbocycles. The average molecular weight is 194 g/mol. The Labute approximate surface area is 85.5 Å². The van der Waals surface area contributed by atoms with Crippen molar-refractivity contribution in [1.29, 1.82) is 0 Å². The molecule has 0 aromatic heterocycles. The highest BCUT2D eigenvalue weighted by Crippen LogP contribution is 2.25. The van der Waals surface area contributed by atoms with Gasteiger partial charge in [-0.25, -0.2) is 0 Å². The van der Waals surface area contributed by atoms with E-state index in [1.54, 1.807) is 7.11 Å². The van der Waals surface area contributed by atoms with Crippen molar-refractivity contribution in [3.8, 4) is 5.75 Å². The molecule has 0 heterocycles. The van der Waals surface area contributed by atoms with Crippen LogP contribution in [-0.2, 0) is 6.42 Å². The number of aliphatic hydroxyl groups excluding tert-OH is 1. The van der Waals surface area contributed by atoms with Crippen LogP contribution in [0.1, 0.15) is 37.5 Å². The van der Waals surface area contributed by atoms with Gasteiger partial charge < -0.3 is 9.84 Å². The van der Waals surface area contributed by atoms with E-state index in [1.165, 1.54) is 5.56 Å². The van der Waals surface area contributed by atoms with E-state index >= 15 is 0 Å². The second kappa shape index (κ2) is 5.01. The lowest BCUT2D eigenvalue weighted by molar-refractivity contribution is 0.172. The molecule has 78 valence electrons. The van der Waals surface area contributed by atoms with Crippen LogP contribution in [0.5, 0.6) is 5.75 Å². The highest BCUT2D eigenvalue weighted by atomic mass is 16.5. The lowest BCUT2D eigenvalue weighted by Crippen LogP contribution is -2.00. The van der Waals surface area contributed by atoms with Crippen molar-refractivity contribution in [1.82, 2.24) is 0 Å². The van der Waals surface area contributed by atoms with Gasteiger partial charge in [0.15, 0.2) is 0 Å². The molecule has 1 aromatic rings. The molecule has 2 heteroatoms. The average Bonchev–Trinajstić information content (AvgIpc) is 2.27. The molecule has 0 spiro atoms. The lowest BCUT2D eigenvalue weighted by Gasteiger charge is -2.14. The molecule has 0 fully saturated rings. The summed E-state index contributed by atoms with van der Waals surface area (Å²) in [4.78, 5) is 0. The summed E-state index contributed by atoms with van der Waals surface area (Å²) < 4.78 is 5.14. The number of rotatable bonds is 4. The molecule has 2 nitrogen and oxygen atoms in total. The van der Waals surface area contributed by atoms with Crippen molar-refractivity contribution < 1.29 is 9.84 Å². The van der Waals surface area contributed by atoms with Crippen molar-refractivity contribution >= 4 is 0 Å². The van der Waals surface area contributed by atoms with E-state index in [-0.39, 0.29) is 6.10 Å². The Bertz CT molecular complexity index is 294. The standard InChI is InChI=1S/C12H18O2/c1-4-9-8-10(14-3)6-7-11(9)12(13)5-2/h6-8,12-13H,4-5H2,1-3H3. The molecule has 0 aliphatic rings. The van der Waals surface area contributed by atoms with Gasteiger partial charge in [-0.3, -0.25) is 0 Å². The minimum Gasteiger partial charge on any atom is -0.497 e. The first-order valence-electron chi connectivity index (χ1n) is 5.07. The summed E-state index contributed by atoms with van der Waals surface area (Å²) in [5, 5.41) is 9.76. The van der Waals surface area contributed by atoms with Crippen LogP contribution in [0.2, 0.25) is 0 Å². The maximum Gasteiger partial charge on any atom is 0.119 e. The van der Waals surface area contributed by atoms with Gasteiger partial charge in [0, 0.05) is 0 Å². The number of methoxy groups -OCH3 is 1. The minimum atomic E-state index is -0.351. The Morgan fingerprint density at radius 3 is 2.57 bits per heavy atom. The van der Waals surface area contributed by atoms with Crippen LogP contribution in [0.15, 0.2) is 18.2 Å². The fourth-order valence-electron chi connectivity index (χ4n) is 1.56. The molecule has 0 radical (unpaired) electrons. The molecule has 0 saturated heterocycles. The quantitative estimate of drug-likeness (QED) is 0.798. The van der Waals surface area contributed by atoms with Crippen LogP contribution >= 0.6 is 0 Å². The first-order chi connectivity index (χ1) is 6.72. The highest BCUT2D eigenvalue weighted by molar-refractivity contribution is 5.36. The SMILES string of the molecule is CCc1cc(OC)ccc1C(O)CC. The third kappa shape index (κ3) is 2.26. The topological polar surface area (TPSA) is 29.5 Å². The summed E-state index contributed by atoms with van der Waals surface area (Å²) in [5.41, 5.74) is 2.19. The molecule has 0 bridgehead atoms. The normalized spacial score (nSPS) is 12.6. The zero-order chi connectivity index (χ0) is 10.6. The van der Waals surface area contributed by atoms with Gasteiger partial charge in [0.25, 0.3) is 0 Å².